The number of carbonyl (C=O) groups is 1. The van der Waals surface area contributed by atoms with Gasteiger partial charge in [-0.3, -0.25) is 9.78 Å². The molecule has 0 atom stereocenters. The zero-order valence-electron chi connectivity index (χ0n) is 14.0. The first kappa shape index (κ1) is 16.6. The number of pyridine rings is 1. The van der Waals surface area contributed by atoms with E-state index in [-0.39, 0.29) is 5.91 Å². The van der Waals surface area contributed by atoms with Gasteiger partial charge in [0.15, 0.2) is 0 Å². The number of nitrogens with zero attached hydrogens (tertiary/aromatic N) is 4. The highest BCUT2D eigenvalue weighted by Crippen LogP contribution is 2.10. The highest BCUT2D eigenvalue weighted by molar-refractivity contribution is 5.92. The Hall–Kier alpha value is -3.28. The largest absolute Gasteiger partial charge is 0.364 e. The Balaban J connectivity index is 1.64. The average Bonchev–Trinajstić information content (AvgIpc) is 2.67. The molecule has 0 unspecified atom stereocenters. The van der Waals surface area contributed by atoms with Gasteiger partial charge in [0.2, 0.25) is 0 Å². The summed E-state index contributed by atoms with van der Waals surface area (Å²) in [7, 11) is 1.76. The summed E-state index contributed by atoms with van der Waals surface area (Å²) in [5.41, 5.74) is 2.33. The van der Waals surface area contributed by atoms with Gasteiger partial charge in [-0.1, -0.05) is 36.4 Å². The third kappa shape index (κ3) is 4.60. The van der Waals surface area contributed by atoms with Crippen molar-refractivity contribution in [3.05, 3.63) is 84.1 Å². The summed E-state index contributed by atoms with van der Waals surface area (Å²) in [5.74, 6) is 0.448. The smallest absolute Gasteiger partial charge is 0.272 e. The Kier molecular flexibility index (Phi) is 5.31. The highest BCUT2D eigenvalue weighted by atomic mass is 16.2. The third-order valence-electron chi connectivity index (χ3n) is 3.67. The predicted molar refractivity (Wildman–Crippen MR) is 95.8 cm³/mol. The van der Waals surface area contributed by atoms with E-state index in [1.54, 1.807) is 24.2 Å². The summed E-state index contributed by atoms with van der Waals surface area (Å²) in [6, 6.07) is 17.2. The monoisotopic (exact) mass is 333 g/mol. The minimum atomic E-state index is -0.146. The number of carbonyl (C=O) groups excluding carboxylic acids is 1. The van der Waals surface area contributed by atoms with Crippen molar-refractivity contribution in [3.8, 4) is 0 Å². The lowest BCUT2D eigenvalue weighted by molar-refractivity contribution is 0.0779. The number of anilines is 1. The van der Waals surface area contributed by atoms with Crippen molar-refractivity contribution < 1.29 is 4.79 Å². The summed E-state index contributed by atoms with van der Waals surface area (Å²) >= 11 is 0. The van der Waals surface area contributed by atoms with Crippen LogP contribution in [-0.2, 0) is 13.1 Å². The third-order valence-corrected chi connectivity index (χ3v) is 3.67. The van der Waals surface area contributed by atoms with Crippen LogP contribution in [0.3, 0.4) is 0 Å². The molecule has 3 rings (SSSR count). The molecular formula is C19H19N5O. The van der Waals surface area contributed by atoms with E-state index in [2.05, 4.69) is 20.3 Å². The van der Waals surface area contributed by atoms with Crippen LogP contribution in [0.5, 0.6) is 0 Å². The summed E-state index contributed by atoms with van der Waals surface area (Å²) in [6.45, 7) is 1.06. The number of amides is 1. The second-order valence-electron chi connectivity index (χ2n) is 5.61. The molecule has 6 heteroatoms. The van der Waals surface area contributed by atoms with E-state index in [9.17, 15) is 4.79 Å². The SMILES string of the molecule is CN(Cc1ccccc1)C(=O)c1cc(NCc2ccccn2)ncn1. The van der Waals surface area contributed by atoms with Crippen LogP contribution >= 0.6 is 0 Å². The van der Waals surface area contributed by atoms with Gasteiger partial charge in [0.25, 0.3) is 5.91 Å². The molecule has 1 amide bonds. The van der Waals surface area contributed by atoms with E-state index in [1.807, 2.05) is 48.5 Å². The topological polar surface area (TPSA) is 71.0 Å². The fraction of sp³-hybridized carbons (Fsp3) is 0.158. The summed E-state index contributed by atoms with van der Waals surface area (Å²) in [6.07, 6.45) is 3.13. The van der Waals surface area contributed by atoms with Crippen LogP contribution in [0.15, 0.2) is 67.1 Å². The average molecular weight is 333 g/mol. The first-order chi connectivity index (χ1) is 12.2. The minimum absolute atomic E-state index is 0.146. The molecule has 126 valence electrons. The van der Waals surface area contributed by atoms with Gasteiger partial charge in [-0.15, -0.1) is 0 Å². The normalized spacial score (nSPS) is 10.3. The molecule has 0 spiro atoms. The van der Waals surface area contributed by atoms with Crippen LogP contribution in [0.4, 0.5) is 5.82 Å². The van der Waals surface area contributed by atoms with Gasteiger partial charge in [-0.05, 0) is 17.7 Å². The quantitative estimate of drug-likeness (QED) is 0.751. The van der Waals surface area contributed by atoms with Crippen LogP contribution in [0.25, 0.3) is 0 Å². The summed E-state index contributed by atoms with van der Waals surface area (Å²) in [5, 5.41) is 3.16. The summed E-state index contributed by atoms with van der Waals surface area (Å²) < 4.78 is 0. The lowest BCUT2D eigenvalue weighted by atomic mass is 10.2. The second-order valence-corrected chi connectivity index (χ2v) is 5.61. The molecule has 0 saturated heterocycles. The molecule has 0 aliphatic rings. The van der Waals surface area contributed by atoms with Gasteiger partial charge >= 0.3 is 0 Å². The van der Waals surface area contributed by atoms with Gasteiger partial charge in [0.05, 0.1) is 12.2 Å². The maximum absolute atomic E-state index is 12.6. The Morgan fingerprint density at radius 1 is 1.04 bits per heavy atom. The van der Waals surface area contributed by atoms with Gasteiger partial charge in [0, 0.05) is 25.9 Å². The predicted octanol–water partition coefficient (Wildman–Crippen LogP) is 2.76. The second kappa shape index (κ2) is 8.01. The highest BCUT2D eigenvalue weighted by Gasteiger charge is 2.14. The van der Waals surface area contributed by atoms with Crippen LogP contribution in [-0.4, -0.2) is 32.8 Å². The van der Waals surface area contributed by atoms with E-state index < -0.39 is 0 Å². The van der Waals surface area contributed by atoms with Crippen molar-refractivity contribution in [1.82, 2.24) is 19.9 Å². The molecule has 1 aromatic carbocycles. The number of hydrogen-bond donors (Lipinski definition) is 1. The number of aromatic nitrogens is 3. The molecule has 2 heterocycles. The van der Waals surface area contributed by atoms with Crippen molar-refractivity contribution in [3.63, 3.8) is 0 Å². The van der Waals surface area contributed by atoms with E-state index >= 15 is 0 Å². The molecule has 0 aliphatic carbocycles. The first-order valence-electron chi connectivity index (χ1n) is 7.97. The van der Waals surface area contributed by atoms with Crippen molar-refractivity contribution >= 4 is 11.7 Å². The number of benzene rings is 1. The van der Waals surface area contributed by atoms with Crippen molar-refractivity contribution in [1.29, 1.82) is 0 Å². The standard InChI is InChI=1S/C19H19N5O/c1-24(13-15-7-3-2-4-8-15)19(25)17-11-18(23-14-22-17)21-12-16-9-5-6-10-20-16/h2-11,14H,12-13H2,1H3,(H,21,22,23). The van der Waals surface area contributed by atoms with Gasteiger partial charge in [-0.25, -0.2) is 9.97 Å². The molecule has 0 fully saturated rings. The van der Waals surface area contributed by atoms with Crippen LogP contribution in [0.2, 0.25) is 0 Å². The van der Waals surface area contributed by atoms with E-state index in [1.165, 1.54) is 6.33 Å². The Morgan fingerprint density at radius 2 is 1.84 bits per heavy atom. The van der Waals surface area contributed by atoms with Gasteiger partial charge in [0.1, 0.15) is 17.8 Å². The first-order valence-corrected chi connectivity index (χ1v) is 7.97. The molecule has 0 radical (unpaired) electrons. The molecule has 0 saturated carbocycles. The van der Waals surface area contributed by atoms with E-state index in [0.29, 0.717) is 24.6 Å². The zero-order chi connectivity index (χ0) is 17.5. The zero-order valence-corrected chi connectivity index (χ0v) is 14.0. The molecule has 3 aromatic rings. The Bertz CT molecular complexity index is 823. The van der Waals surface area contributed by atoms with E-state index in [0.717, 1.165) is 11.3 Å². The molecular weight excluding hydrogens is 314 g/mol. The number of rotatable bonds is 6. The molecule has 2 aromatic heterocycles. The lowest BCUT2D eigenvalue weighted by Crippen LogP contribution is -2.27. The van der Waals surface area contributed by atoms with Gasteiger partial charge in [-0.2, -0.15) is 0 Å². The fourth-order valence-electron chi connectivity index (χ4n) is 2.38. The Morgan fingerprint density at radius 3 is 2.60 bits per heavy atom. The fourth-order valence-corrected chi connectivity index (χ4v) is 2.38. The molecule has 0 aliphatic heterocycles. The summed E-state index contributed by atoms with van der Waals surface area (Å²) in [4.78, 5) is 26.7. The minimum Gasteiger partial charge on any atom is -0.364 e. The molecule has 0 bridgehead atoms. The number of nitrogens with one attached hydrogen (secondary N) is 1. The van der Waals surface area contributed by atoms with E-state index in [4.69, 9.17) is 0 Å². The number of hydrogen-bond acceptors (Lipinski definition) is 5. The lowest BCUT2D eigenvalue weighted by Gasteiger charge is -2.17. The molecule has 25 heavy (non-hydrogen) atoms. The van der Waals surface area contributed by atoms with Crippen LogP contribution in [0.1, 0.15) is 21.7 Å². The maximum atomic E-state index is 12.6. The van der Waals surface area contributed by atoms with Gasteiger partial charge < -0.3 is 10.2 Å². The maximum Gasteiger partial charge on any atom is 0.272 e. The molecule has 1 N–H and O–H groups in total. The van der Waals surface area contributed by atoms with Crippen molar-refractivity contribution in [2.75, 3.05) is 12.4 Å². The van der Waals surface area contributed by atoms with Crippen molar-refractivity contribution in [2.24, 2.45) is 0 Å². The van der Waals surface area contributed by atoms with Crippen LogP contribution in [0, 0.1) is 0 Å². The Labute approximate surface area is 146 Å². The molecule has 6 nitrogen and oxygen atoms in total. The van der Waals surface area contributed by atoms with Crippen molar-refractivity contribution in [2.45, 2.75) is 13.1 Å². The van der Waals surface area contributed by atoms with Crippen LogP contribution < -0.4 is 5.32 Å².